The number of amides is 1. The Balaban J connectivity index is 1.72. The number of hydrogen-bond donors (Lipinski definition) is 1. The lowest BCUT2D eigenvalue weighted by Crippen LogP contribution is -2.14. The smallest absolute Gasteiger partial charge is 0.236 e. The zero-order chi connectivity index (χ0) is 16.4. The molecule has 0 bridgehead atoms. The Kier molecular flexibility index (Phi) is 4.63. The third-order valence-electron chi connectivity index (χ3n) is 3.40. The fourth-order valence-corrected chi connectivity index (χ4v) is 3.77. The molecule has 4 nitrogen and oxygen atoms in total. The Labute approximate surface area is 143 Å². The van der Waals surface area contributed by atoms with E-state index in [2.05, 4.69) is 35.4 Å². The number of aryl methyl sites for hydroxylation is 3. The Morgan fingerprint density at radius 2 is 2.04 bits per heavy atom. The Morgan fingerprint density at radius 3 is 2.78 bits per heavy atom. The standard InChI is InChI=1S/C17H17N3OS2/c1-10-5-4-6-13-7-11(2)16(20-15(10)13)22-9-14(21)19-17-18-12(3)8-23-17/h4-8H,9H2,1-3H3,(H,18,19,21). The summed E-state index contributed by atoms with van der Waals surface area (Å²) in [7, 11) is 0. The van der Waals surface area contributed by atoms with Crippen LogP contribution in [0.3, 0.4) is 0 Å². The van der Waals surface area contributed by atoms with Crippen molar-refractivity contribution in [1.82, 2.24) is 9.97 Å². The summed E-state index contributed by atoms with van der Waals surface area (Å²) >= 11 is 2.90. The van der Waals surface area contributed by atoms with Crippen molar-refractivity contribution in [3.63, 3.8) is 0 Å². The minimum atomic E-state index is -0.0598. The van der Waals surface area contributed by atoms with Crippen molar-refractivity contribution in [3.8, 4) is 0 Å². The largest absolute Gasteiger partial charge is 0.301 e. The third kappa shape index (κ3) is 3.71. The number of para-hydroxylation sites is 1. The molecule has 0 aliphatic heterocycles. The van der Waals surface area contributed by atoms with Crippen LogP contribution in [0.1, 0.15) is 16.8 Å². The van der Waals surface area contributed by atoms with Crippen LogP contribution in [0, 0.1) is 20.8 Å². The van der Waals surface area contributed by atoms with E-state index in [0.29, 0.717) is 10.9 Å². The number of carbonyl (C=O) groups excluding carboxylic acids is 1. The SMILES string of the molecule is Cc1csc(NC(=O)CSc2nc3c(C)cccc3cc2C)n1. The van der Waals surface area contributed by atoms with E-state index in [1.54, 1.807) is 0 Å². The lowest BCUT2D eigenvalue weighted by atomic mass is 10.1. The number of fused-ring (bicyclic) bond motifs is 1. The first-order valence-corrected chi connectivity index (χ1v) is 9.11. The van der Waals surface area contributed by atoms with Gasteiger partial charge in [-0.25, -0.2) is 9.97 Å². The molecule has 1 aromatic carbocycles. The van der Waals surface area contributed by atoms with Crippen LogP contribution in [0.4, 0.5) is 5.13 Å². The minimum Gasteiger partial charge on any atom is -0.301 e. The maximum Gasteiger partial charge on any atom is 0.236 e. The molecule has 0 atom stereocenters. The summed E-state index contributed by atoms with van der Waals surface area (Å²) in [6.45, 7) is 5.99. The van der Waals surface area contributed by atoms with Crippen LogP contribution in [0.25, 0.3) is 10.9 Å². The monoisotopic (exact) mass is 343 g/mol. The number of nitrogens with zero attached hydrogens (tertiary/aromatic N) is 2. The van der Waals surface area contributed by atoms with Crippen LogP contribution in [-0.4, -0.2) is 21.6 Å². The van der Waals surface area contributed by atoms with Gasteiger partial charge in [0, 0.05) is 10.8 Å². The predicted molar refractivity (Wildman–Crippen MR) is 97.4 cm³/mol. The van der Waals surface area contributed by atoms with Gasteiger partial charge < -0.3 is 5.32 Å². The van der Waals surface area contributed by atoms with Gasteiger partial charge in [-0.2, -0.15) is 0 Å². The van der Waals surface area contributed by atoms with E-state index in [1.807, 2.05) is 25.3 Å². The van der Waals surface area contributed by atoms with Crippen molar-refractivity contribution in [2.24, 2.45) is 0 Å². The van der Waals surface area contributed by atoms with Gasteiger partial charge in [0.05, 0.1) is 17.0 Å². The van der Waals surface area contributed by atoms with E-state index in [1.165, 1.54) is 23.1 Å². The maximum absolute atomic E-state index is 12.0. The quantitative estimate of drug-likeness (QED) is 0.716. The third-order valence-corrected chi connectivity index (χ3v) is 5.37. The van der Waals surface area contributed by atoms with Crippen molar-refractivity contribution in [1.29, 1.82) is 0 Å². The van der Waals surface area contributed by atoms with Crippen LogP contribution >= 0.6 is 23.1 Å². The number of thioether (sulfide) groups is 1. The van der Waals surface area contributed by atoms with E-state index in [-0.39, 0.29) is 5.91 Å². The molecule has 0 aliphatic rings. The molecule has 1 N–H and O–H groups in total. The predicted octanol–water partition coefficient (Wildman–Crippen LogP) is 4.35. The molecule has 2 aromatic heterocycles. The average molecular weight is 343 g/mol. The topological polar surface area (TPSA) is 54.9 Å². The molecular formula is C17H17N3OS2. The fourth-order valence-electron chi connectivity index (χ4n) is 2.28. The number of anilines is 1. The average Bonchev–Trinajstić information content (AvgIpc) is 2.91. The molecule has 0 saturated carbocycles. The summed E-state index contributed by atoms with van der Waals surface area (Å²) in [4.78, 5) is 21.0. The number of pyridine rings is 1. The van der Waals surface area contributed by atoms with Gasteiger partial charge in [0.2, 0.25) is 5.91 Å². The van der Waals surface area contributed by atoms with Gasteiger partial charge in [0.15, 0.2) is 5.13 Å². The van der Waals surface area contributed by atoms with Gasteiger partial charge in [-0.1, -0.05) is 30.0 Å². The van der Waals surface area contributed by atoms with Gasteiger partial charge in [-0.15, -0.1) is 11.3 Å². The van der Waals surface area contributed by atoms with Gasteiger partial charge in [0.1, 0.15) is 5.03 Å². The van der Waals surface area contributed by atoms with E-state index in [9.17, 15) is 4.79 Å². The Hall–Kier alpha value is -1.92. The van der Waals surface area contributed by atoms with Gasteiger partial charge in [0.25, 0.3) is 0 Å². The van der Waals surface area contributed by atoms with Crippen LogP contribution in [0.5, 0.6) is 0 Å². The first-order chi connectivity index (χ1) is 11.0. The Bertz CT molecular complexity index is 873. The maximum atomic E-state index is 12.0. The number of nitrogens with one attached hydrogen (secondary N) is 1. The molecular weight excluding hydrogens is 326 g/mol. The molecule has 0 radical (unpaired) electrons. The zero-order valence-corrected chi connectivity index (χ0v) is 14.8. The number of hydrogen-bond acceptors (Lipinski definition) is 5. The summed E-state index contributed by atoms with van der Waals surface area (Å²) in [5.41, 5.74) is 4.15. The van der Waals surface area contributed by atoms with Crippen molar-refractivity contribution in [3.05, 3.63) is 46.5 Å². The van der Waals surface area contributed by atoms with E-state index in [4.69, 9.17) is 4.98 Å². The second-order valence-corrected chi connectivity index (χ2v) is 7.21. The number of aromatic nitrogens is 2. The molecule has 0 spiro atoms. The highest BCUT2D eigenvalue weighted by atomic mass is 32.2. The molecule has 23 heavy (non-hydrogen) atoms. The molecule has 0 fully saturated rings. The van der Waals surface area contributed by atoms with Crippen molar-refractivity contribution in [2.45, 2.75) is 25.8 Å². The second kappa shape index (κ2) is 6.68. The van der Waals surface area contributed by atoms with Crippen LogP contribution in [-0.2, 0) is 4.79 Å². The normalized spacial score (nSPS) is 10.9. The highest BCUT2D eigenvalue weighted by Gasteiger charge is 2.10. The molecule has 118 valence electrons. The molecule has 3 rings (SSSR count). The fraction of sp³-hybridized carbons (Fsp3) is 0.235. The molecule has 0 aliphatic carbocycles. The minimum absolute atomic E-state index is 0.0598. The van der Waals surface area contributed by atoms with Gasteiger partial charge in [-0.3, -0.25) is 4.79 Å². The first-order valence-electron chi connectivity index (χ1n) is 7.24. The van der Waals surface area contributed by atoms with Crippen molar-refractivity contribution in [2.75, 3.05) is 11.1 Å². The van der Waals surface area contributed by atoms with Gasteiger partial charge in [-0.05, 0) is 38.0 Å². The summed E-state index contributed by atoms with van der Waals surface area (Å²) in [5, 5.41) is 7.42. The van der Waals surface area contributed by atoms with Crippen LogP contribution < -0.4 is 5.32 Å². The molecule has 1 amide bonds. The lowest BCUT2D eigenvalue weighted by molar-refractivity contribution is -0.113. The van der Waals surface area contributed by atoms with Gasteiger partial charge >= 0.3 is 0 Å². The number of thiazole rings is 1. The molecule has 3 aromatic rings. The highest BCUT2D eigenvalue weighted by molar-refractivity contribution is 8.00. The lowest BCUT2D eigenvalue weighted by Gasteiger charge is -2.08. The molecule has 0 saturated heterocycles. The highest BCUT2D eigenvalue weighted by Crippen LogP contribution is 2.26. The Morgan fingerprint density at radius 1 is 1.22 bits per heavy atom. The summed E-state index contributed by atoms with van der Waals surface area (Å²) < 4.78 is 0. The summed E-state index contributed by atoms with van der Waals surface area (Å²) in [6.07, 6.45) is 0. The van der Waals surface area contributed by atoms with Crippen LogP contribution in [0.2, 0.25) is 0 Å². The first kappa shape index (κ1) is 16.0. The zero-order valence-electron chi connectivity index (χ0n) is 13.2. The van der Waals surface area contributed by atoms with E-state index in [0.717, 1.165) is 32.7 Å². The van der Waals surface area contributed by atoms with E-state index < -0.39 is 0 Å². The number of rotatable bonds is 4. The van der Waals surface area contributed by atoms with Crippen molar-refractivity contribution >= 4 is 45.0 Å². The molecule has 6 heteroatoms. The summed E-state index contributed by atoms with van der Waals surface area (Å²) in [5.74, 6) is 0.263. The number of carbonyl (C=O) groups is 1. The second-order valence-electron chi connectivity index (χ2n) is 5.39. The number of benzene rings is 1. The van der Waals surface area contributed by atoms with Crippen LogP contribution in [0.15, 0.2) is 34.7 Å². The molecule has 2 heterocycles. The summed E-state index contributed by atoms with van der Waals surface area (Å²) in [6, 6.07) is 8.28. The molecule has 0 unspecified atom stereocenters. The van der Waals surface area contributed by atoms with Crippen molar-refractivity contribution < 1.29 is 4.79 Å². The van der Waals surface area contributed by atoms with E-state index >= 15 is 0 Å².